The van der Waals surface area contributed by atoms with Crippen molar-refractivity contribution in [3.8, 4) is 0 Å². The molecule has 2 rings (SSSR count). The monoisotopic (exact) mass is 281 g/mol. The van der Waals surface area contributed by atoms with Gasteiger partial charge >= 0.3 is 0 Å². The fraction of sp³-hybridized carbons (Fsp3) is 1.00. The number of nitrogens with two attached hydrogens (primary N) is 1. The molecule has 1 heterocycles. The molecule has 0 spiro atoms. The lowest BCUT2D eigenvalue weighted by Gasteiger charge is -2.51. The van der Waals surface area contributed by atoms with Gasteiger partial charge in [0.05, 0.1) is 0 Å². The van der Waals surface area contributed by atoms with Crippen LogP contribution < -0.4 is 5.73 Å². The number of nitrogens with zero attached hydrogens (tertiary/aromatic N) is 2. The normalized spacial score (nSPS) is 34.0. The van der Waals surface area contributed by atoms with Crippen molar-refractivity contribution in [3.63, 3.8) is 0 Å². The number of piperazine rings is 1. The molecule has 3 heteroatoms. The van der Waals surface area contributed by atoms with E-state index in [4.69, 9.17) is 5.73 Å². The van der Waals surface area contributed by atoms with Gasteiger partial charge in [0.2, 0.25) is 0 Å². The second kappa shape index (κ2) is 6.76. The largest absolute Gasteiger partial charge is 0.329 e. The Bertz CT molecular complexity index is 285. The molecule has 0 radical (unpaired) electrons. The molecule has 3 nitrogen and oxygen atoms in total. The van der Waals surface area contributed by atoms with E-state index in [9.17, 15) is 0 Å². The average molecular weight is 281 g/mol. The lowest BCUT2D eigenvalue weighted by Crippen LogP contribution is -2.62. The first-order chi connectivity index (χ1) is 9.48. The molecule has 0 unspecified atom stereocenters. The molecule has 2 N–H and O–H groups in total. The van der Waals surface area contributed by atoms with Crippen molar-refractivity contribution in [1.29, 1.82) is 0 Å². The summed E-state index contributed by atoms with van der Waals surface area (Å²) in [6.45, 7) is 15.1. The molecule has 2 aliphatic rings. The van der Waals surface area contributed by atoms with Gasteiger partial charge in [-0.2, -0.15) is 0 Å². The zero-order chi connectivity index (χ0) is 14.8. The molecular weight excluding hydrogens is 246 g/mol. The maximum atomic E-state index is 6.23. The van der Waals surface area contributed by atoms with Crippen LogP contribution in [0.1, 0.15) is 53.4 Å². The van der Waals surface area contributed by atoms with Crippen LogP contribution in [0.15, 0.2) is 0 Å². The van der Waals surface area contributed by atoms with E-state index < -0.39 is 0 Å². The van der Waals surface area contributed by atoms with E-state index >= 15 is 0 Å². The van der Waals surface area contributed by atoms with Crippen LogP contribution in [0, 0.1) is 11.8 Å². The molecule has 118 valence electrons. The van der Waals surface area contributed by atoms with Gasteiger partial charge in [0.15, 0.2) is 0 Å². The van der Waals surface area contributed by atoms with Gasteiger partial charge < -0.3 is 5.73 Å². The Morgan fingerprint density at radius 3 is 1.95 bits per heavy atom. The second-order valence-electron chi connectivity index (χ2n) is 7.63. The molecule has 1 saturated carbocycles. The van der Waals surface area contributed by atoms with Crippen LogP contribution in [0.5, 0.6) is 0 Å². The third-order valence-electron chi connectivity index (χ3n) is 6.00. The van der Waals surface area contributed by atoms with Crippen molar-refractivity contribution < 1.29 is 0 Å². The molecule has 20 heavy (non-hydrogen) atoms. The van der Waals surface area contributed by atoms with Gasteiger partial charge in [0, 0.05) is 44.3 Å². The van der Waals surface area contributed by atoms with Crippen LogP contribution in [0.4, 0.5) is 0 Å². The highest BCUT2D eigenvalue weighted by Gasteiger charge is 2.40. The van der Waals surface area contributed by atoms with Gasteiger partial charge in [-0.3, -0.25) is 9.80 Å². The minimum atomic E-state index is 0.314. The highest BCUT2D eigenvalue weighted by atomic mass is 15.3. The van der Waals surface area contributed by atoms with Crippen LogP contribution in [0.3, 0.4) is 0 Å². The summed E-state index contributed by atoms with van der Waals surface area (Å²) >= 11 is 0. The van der Waals surface area contributed by atoms with Crippen molar-refractivity contribution in [2.45, 2.75) is 65.0 Å². The quantitative estimate of drug-likeness (QED) is 0.859. The van der Waals surface area contributed by atoms with Crippen molar-refractivity contribution in [2.24, 2.45) is 17.6 Å². The van der Waals surface area contributed by atoms with Gasteiger partial charge in [-0.25, -0.2) is 0 Å². The SMILES string of the molecule is CC(C)C1CCC(CN)(N2CCN(C(C)C)CC2)CC1. The second-order valence-corrected chi connectivity index (χ2v) is 7.63. The fourth-order valence-corrected chi connectivity index (χ4v) is 4.21. The standard InChI is InChI=1S/C17H35N3/c1-14(2)16-5-7-17(13-18,8-6-16)20-11-9-19(10-12-20)15(3)4/h14-16H,5-13,18H2,1-4H3. The van der Waals surface area contributed by atoms with Crippen LogP contribution in [0.25, 0.3) is 0 Å². The molecule has 0 aromatic carbocycles. The van der Waals surface area contributed by atoms with Crippen molar-refractivity contribution in [2.75, 3.05) is 32.7 Å². The van der Waals surface area contributed by atoms with Crippen LogP contribution in [-0.4, -0.2) is 54.1 Å². The smallest absolute Gasteiger partial charge is 0.0333 e. The first-order valence-electron chi connectivity index (χ1n) is 8.67. The Kier molecular flexibility index (Phi) is 5.49. The van der Waals surface area contributed by atoms with E-state index in [1.54, 1.807) is 0 Å². The molecule has 0 bridgehead atoms. The van der Waals surface area contributed by atoms with E-state index in [1.165, 1.54) is 51.9 Å². The third kappa shape index (κ3) is 3.37. The Labute approximate surface area is 125 Å². The van der Waals surface area contributed by atoms with Crippen LogP contribution in [-0.2, 0) is 0 Å². The fourth-order valence-electron chi connectivity index (χ4n) is 4.21. The highest BCUT2D eigenvalue weighted by Crippen LogP contribution is 2.39. The van der Waals surface area contributed by atoms with Crippen molar-refractivity contribution >= 4 is 0 Å². The molecule has 1 saturated heterocycles. The number of hydrogen-bond acceptors (Lipinski definition) is 3. The number of hydrogen-bond donors (Lipinski definition) is 1. The van der Waals surface area contributed by atoms with E-state index in [0.717, 1.165) is 18.4 Å². The van der Waals surface area contributed by atoms with Gasteiger partial charge in [-0.05, 0) is 51.4 Å². The van der Waals surface area contributed by atoms with Gasteiger partial charge in [-0.1, -0.05) is 13.8 Å². The van der Waals surface area contributed by atoms with Crippen molar-refractivity contribution in [1.82, 2.24) is 9.80 Å². The van der Waals surface area contributed by atoms with E-state index in [2.05, 4.69) is 37.5 Å². The molecule has 0 amide bonds. The van der Waals surface area contributed by atoms with E-state index in [1.807, 2.05) is 0 Å². The Hall–Kier alpha value is -0.120. The van der Waals surface area contributed by atoms with Gasteiger partial charge in [0.1, 0.15) is 0 Å². The van der Waals surface area contributed by atoms with Gasteiger partial charge in [-0.15, -0.1) is 0 Å². The molecule has 0 atom stereocenters. The lowest BCUT2D eigenvalue weighted by atomic mass is 9.72. The first kappa shape index (κ1) is 16.3. The summed E-state index contributed by atoms with van der Waals surface area (Å²) in [5, 5.41) is 0. The molecule has 1 aliphatic carbocycles. The Morgan fingerprint density at radius 1 is 1.00 bits per heavy atom. The Morgan fingerprint density at radius 2 is 1.55 bits per heavy atom. The summed E-state index contributed by atoms with van der Waals surface area (Å²) in [5.74, 6) is 1.76. The average Bonchev–Trinajstić information content (AvgIpc) is 2.47. The summed E-state index contributed by atoms with van der Waals surface area (Å²) in [7, 11) is 0. The Balaban J connectivity index is 1.93. The molecule has 0 aromatic rings. The summed E-state index contributed by atoms with van der Waals surface area (Å²) < 4.78 is 0. The maximum Gasteiger partial charge on any atom is 0.0333 e. The molecular formula is C17H35N3. The maximum absolute atomic E-state index is 6.23. The summed E-state index contributed by atoms with van der Waals surface area (Å²) in [4.78, 5) is 5.32. The molecule has 1 aliphatic heterocycles. The van der Waals surface area contributed by atoms with E-state index in [0.29, 0.717) is 11.6 Å². The summed E-state index contributed by atoms with van der Waals surface area (Å²) in [5.41, 5.74) is 6.54. The van der Waals surface area contributed by atoms with Crippen LogP contribution in [0.2, 0.25) is 0 Å². The predicted octanol–water partition coefficient (Wildman–Crippen LogP) is 2.56. The minimum Gasteiger partial charge on any atom is -0.329 e. The van der Waals surface area contributed by atoms with Crippen LogP contribution >= 0.6 is 0 Å². The zero-order valence-electron chi connectivity index (χ0n) is 14.1. The number of rotatable bonds is 4. The third-order valence-corrected chi connectivity index (χ3v) is 6.00. The van der Waals surface area contributed by atoms with Gasteiger partial charge in [0.25, 0.3) is 0 Å². The summed E-state index contributed by atoms with van der Waals surface area (Å²) in [6, 6.07) is 0.683. The lowest BCUT2D eigenvalue weighted by molar-refractivity contribution is -0.00718. The highest BCUT2D eigenvalue weighted by molar-refractivity contribution is 4.98. The first-order valence-corrected chi connectivity index (χ1v) is 8.67. The predicted molar refractivity (Wildman–Crippen MR) is 86.9 cm³/mol. The molecule has 0 aromatic heterocycles. The zero-order valence-corrected chi connectivity index (χ0v) is 14.1. The van der Waals surface area contributed by atoms with E-state index in [-0.39, 0.29) is 0 Å². The van der Waals surface area contributed by atoms with Crippen molar-refractivity contribution in [3.05, 3.63) is 0 Å². The summed E-state index contributed by atoms with van der Waals surface area (Å²) in [6.07, 6.45) is 5.38. The minimum absolute atomic E-state index is 0.314. The topological polar surface area (TPSA) is 32.5 Å². The molecule has 2 fully saturated rings.